The van der Waals surface area contributed by atoms with Crippen LogP contribution in [0.4, 0.5) is 0 Å². The van der Waals surface area contributed by atoms with Crippen LogP contribution in [-0.2, 0) is 9.59 Å². The fourth-order valence-corrected chi connectivity index (χ4v) is 2.23. The van der Waals surface area contributed by atoms with E-state index in [1.54, 1.807) is 48.6 Å². The molecule has 0 aliphatic heterocycles. The van der Waals surface area contributed by atoms with Gasteiger partial charge in [-0.3, -0.25) is 0 Å². The van der Waals surface area contributed by atoms with Gasteiger partial charge in [-0.2, -0.15) is 0 Å². The van der Waals surface area contributed by atoms with Gasteiger partial charge < -0.3 is 25.2 Å². The third-order valence-corrected chi connectivity index (χ3v) is 4.55. The van der Waals surface area contributed by atoms with Gasteiger partial charge in [0.2, 0.25) is 0 Å². The Labute approximate surface area is 238 Å². The van der Waals surface area contributed by atoms with Crippen molar-refractivity contribution in [3.8, 4) is 11.5 Å². The molecule has 3 aromatic carbocycles. The number of carbonyl (C=O) groups excluding carboxylic acids is 1. The minimum Gasteiger partial charge on any atom is -0.508 e. The van der Waals surface area contributed by atoms with E-state index >= 15 is 0 Å². The van der Waals surface area contributed by atoms with E-state index in [-0.39, 0.29) is 16.7 Å². The van der Waals surface area contributed by atoms with Crippen molar-refractivity contribution in [3.05, 3.63) is 133 Å². The normalized spacial score (nSPS) is 8.93. The molecule has 3 aromatic rings. The van der Waals surface area contributed by atoms with Gasteiger partial charge in [-0.1, -0.05) is 62.7 Å². The molecular formula is C32H32O9. The smallest absolute Gasteiger partial charge is 0.338 e. The maximum atomic E-state index is 11.1. The van der Waals surface area contributed by atoms with Gasteiger partial charge in [-0.25, -0.2) is 19.2 Å². The van der Waals surface area contributed by atoms with Crippen molar-refractivity contribution in [2.75, 3.05) is 0 Å². The van der Waals surface area contributed by atoms with Crippen molar-refractivity contribution in [1.29, 1.82) is 0 Å². The van der Waals surface area contributed by atoms with Gasteiger partial charge in [-0.15, -0.1) is 0 Å². The fraction of sp³-hybridized carbons (Fsp3) is 0.0625. The molecule has 0 saturated heterocycles. The molecule has 0 aromatic heterocycles. The topological polar surface area (TPSA) is 158 Å². The molecule has 9 heteroatoms. The number of carboxylic acids is 3. The largest absolute Gasteiger partial charge is 0.508 e. The SMILES string of the molecule is C=C(C)C(=O)O.C=C(C)C(=O)Oc1ccc(C(=O)O)cc1.C=Cc1ccc(C(=O)O)cc1.C=Cc1ccc(O)cc1. The molecule has 0 amide bonds. The standard InChI is InChI=1S/C11H10O4.C9H8O2.C8H8O.C4H6O2/c1-7(2)11(14)15-9-5-3-8(4-6-9)10(12)13;1-2-7-3-5-8(6-4-7)9(10)11;1-2-7-3-5-8(9)6-4-7;1-3(2)4(5)6/h3-6H,1H2,2H3,(H,12,13);2-6H,1H2,(H,10,11);2-6,9H,1H2;1H2,2H3,(H,5,6). The predicted octanol–water partition coefficient (Wildman–Crippen LogP) is 6.58. The quantitative estimate of drug-likeness (QED) is 0.142. The molecule has 0 atom stereocenters. The van der Waals surface area contributed by atoms with Crippen LogP contribution < -0.4 is 4.74 Å². The molecule has 9 nitrogen and oxygen atoms in total. The Balaban J connectivity index is 0.000000547. The van der Waals surface area contributed by atoms with Crippen molar-refractivity contribution in [2.45, 2.75) is 13.8 Å². The number of carboxylic acid groups (broad SMARTS) is 3. The maximum absolute atomic E-state index is 11.1. The lowest BCUT2D eigenvalue weighted by Gasteiger charge is -2.03. The van der Waals surface area contributed by atoms with E-state index in [9.17, 15) is 19.2 Å². The second-order valence-corrected chi connectivity index (χ2v) is 8.01. The van der Waals surface area contributed by atoms with Crippen molar-refractivity contribution < 1.29 is 44.3 Å². The Hall–Kier alpha value is -5.70. The number of phenols is 1. The van der Waals surface area contributed by atoms with Crippen LogP contribution in [0.5, 0.6) is 11.5 Å². The molecular weight excluding hydrogens is 528 g/mol. The van der Waals surface area contributed by atoms with E-state index in [1.807, 2.05) is 12.1 Å². The Bertz CT molecular complexity index is 1350. The third kappa shape index (κ3) is 15.3. The second-order valence-electron chi connectivity index (χ2n) is 8.01. The number of benzene rings is 3. The van der Waals surface area contributed by atoms with Gasteiger partial charge >= 0.3 is 23.9 Å². The van der Waals surface area contributed by atoms with E-state index in [0.717, 1.165) is 11.1 Å². The lowest BCUT2D eigenvalue weighted by molar-refractivity contribution is -0.132. The summed E-state index contributed by atoms with van der Waals surface area (Å²) in [5.74, 6) is -2.80. The minimum atomic E-state index is -1.02. The van der Waals surface area contributed by atoms with Gasteiger partial charge in [-0.05, 0) is 73.5 Å². The van der Waals surface area contributed by atoms with Crippen LogP contribution >= 0.6 is 0 Å². The van der Waals surface area contributed by atoms with Gasteiger partial charge in [0.25, 0.3) is 0 Å². The Kier molecular flexibility index (Phi) is 16.0. The van der Waals surface area contributed by atoms with Crippen molar-refractivity contribution in [3.63, 3.8) is 0 Å². The summed E-state index contributed by atoms with van der Waals surface area (Å²) in [5, 5.41) is 33.9. The molecule has 0 saturated carbocycles. The van der Waals surface area contributed by atoms with E-state index < -0.39 is 23.9 Å². The second kappa shape index (κ2) is 18.5. The molecule has 3 rings (SSSR count). The number of aliphatic carboxylic acids is 1. The summed E-state index contributed by atoms with van der Waals surface area (Å²) in [6, 6.07) is 19.0. The van der Waals surface area contributed by atoms with Crippen LogP contribution in [-0.4, -0.2) is 44.3 Å². The monoisotopic (exact) mass is 560 g/mol. The maximum Gasteiger partial charge on any atom is 0.338 e. The highest BCUT2D eigenvalue weighted by Gasteiger charge is 2.06. The minimum absolute atomic E-state index is 0.144. The summed E-state index contributed by atoms with van der Waals surface area (Å²) in [7, 11) is 0. The zero-order chi connectivity index (χ0) is 31.5. The zero-order valence-corrected chi connectivity index (χ0v) is 22.7. The first-order valence-electron chi connectivity index (χ1n) is 11.7. The molecule has 41 heavy (non-hydrogen) atoms. The number of phenolic OH excluding ortho intramolecular Hbond substituents is 1. The average Bonchev–Trinajstić information content (AvgIpc) is 2.94. The van der Waals surface area contributed by atoms with Gasteiger partial charge in [0.05, 0.1) is 11.1 Å². The molecule has 214 valence electrons. The summed E-state index contributed by atoms with van der Waals surface area (Å²) in [5.41, 5.74) is 2.86. The lowest BCUT2D eigenvalue weighted by atomic mass is 10.1. The van der Waals surface area contributed by atoms with Crippen LogP contribution in [0.1, 0.15) is 45.7 Å². The highest BCUT2D eigenvalue weighted by Crippen LogP contribution is 2.13. The lowest BCUT2D eigenvalue weighted by Crippen LogP contribution is -2.08. The molecule has 0 bridgehead atoms. The molecule has 0 spiro atoms. The third-order valence-electron chi connectivity index (χ3n) is 4.55. The highest BCUT2D eigenvalue weighted by molar-refractivity contribution is 5.90. The Morgan fingerprint density at radius 3 is 1.27 bits per heavy atom. The zero-order valence-electron chi connectivity index (χ0n) is 22.7. The summed E-state index contributed by atoms with van der Waals surface area (Å²) in [4.78, 5) is 41.6. The molecule has 0 aliphatic rings. The molecule has 0 aliphatic carbocycles. The Morgan fingerprint density at radius 2 is 0.976 bits per heavy atom. The molecule has 0 unspecified atom stereocenters. The van der Waals surface area contributed by atoms with E-state index in [1.165, 1.54) is 38.1 Å². The summed E-state index contributed by atoms with van der Waals surface area (Å²) < 4.78 is 4.88. The number of hydrogen-bond acceptors (Lipinski definition) is 6. The number of carbonyl (C=O) groups is 4. The van der Waals surface area contributed by atoms with Crippen molar-refractivity contribution in [1.82, 2.24) is 0 Å². The summed E-state index contributed by atoms with van der Waals surface area (Å²) in [6.07, 6.45) is 3.41. The number of ether oxygens (including phenoxy) is 1. The van der Waals surface area contributed by atoms with Crippen LogP contribution in [0.25, 0.3) is 12.2 Å². The number of esters is 1. The van der Waals surface area contributed by atoms with Crippen LogP contribution in [0.15, 0.2) is 110 Å². The summed E-state index contributed by atoms with van der Waals surface area (Å²) >= 11 is 0. The predicted molar refractivity (Wildman–Crippen MR) is 158 cm³/mol. The van der Waals surface area contributed by atoms with E-state index in [4.69, 9.17) is 25.2 Å². The van der Waals surface area contributed by atoms with Gasteiger partial charge in [0.15, 0.2) is 0 Å². The first-order chi connectivity index (χ1) is 19.2. The number of aromatic hydroxyl groups is 1. The molecule has 4 N–H and O–H groups in total. The van der Waals surface area contributed by atoms with Crippen LogP contribution in [0.3, 0.4) is 0 Å². The fourth-order valence-electron chi connectivity index (χ4n) is 2.23. The van der Waals surface area contributed by atoms with E-state index in [2.05, 4.69) is 26.3 Å². The average molecular weight is 561 g/mol. The van der Waals surface area contributed by atoms with Crippen molar-refractivity contribution in [2.24, 2.45) is 0 Å². The van der Waals surface area contributed by atoms with Gasteiger partial charge in [0.1, 0.15) is 11.5 Å². The molecule has 0 fully saturated rings. The van der Waals surface area contributed by atoms with E-state index in [0.29, 0.717) is 17.1 Å². The highest BCUT2D eigenvalue weighted by atomic mass is 16.5. The van der Waals surface area contributed by atoms with Crippen molar-refractivity contribution >= 4 is 36.0 Å². The Morgan fingerprint density at radius 1 is 0.634 bits per heavy atom. The summed E-state index contributed by atoms with van der Waals surface area (Å²) in [6.45, 7) is 16.7. The van der Waals surface area contributed by atoms with Crippen LogP contribution in [0, 0.1) is 0 Å². The molecule has 0 radical (unpaired) electrons. The first kappa shape index (κ1) is 35.3. The van der Waals surface area contributed by atoms with Gasteiger partial charge in [0, 0.05) is 11.1 Å². The first-order valence-corrected chi connectivity index (χ1v) is 11.7. The molecule has 0 heterocycles. The number of rotatable bonds is 7. The number of hydrogen-bond donors (Lipinski definition) is 4. The number of aromatic carboxylic acids is 2. The van der Waals surface area contributed by atoms with Crippen LogP contribution in [0.2, 0.25) is 0 Å².